The SMILES string of the molecule is CCSc1nnc(N2CCOCC2)n1CC. The van der Waals surface area contributed by atoms with Crippen LogP contribution in [-0.4, -0.2) is 46.8 Å². The number of anilines is 1. The van der Waals surface area contributed by atoms with Gasteiger partial charge in [0.05, 0.1) is 13.2 Å². The Morgan fingerprint density at radius 1 is 1.25 bits per heavy atom. The van der Waals surface area contributed by atoms with Crippen molar-refractivity contribution in [3.8, 4) is 0 Å². The maximum atomic E-state index is 5.34. The lowest BCUT2D eigenvalue weighted by Gasteiger charge is -2.27. The van der Waals surface area contributed by atoms with E-state index in [1.165, 1.54) is 0 Å². The molecule has 1 aromatic rings. The third kappa shape index (κ3) is 2.32. The molecule has 0 aromatic carbocycles. The van der Waals surface area contributed by atoms with Crippen LogP contribution in [0.3, 0.4) is 0 Å². The van der Waals surface area contributed by atoms with Gasteiger partial charge >= 0.3 is 0 Å². The van der Waals surface area contributed by atoms with Crippen LogP contribution < -0.4 is 4.90 Å². The van der Waals surface area contributed by atoms with Crippen LogP contribution in [0.5, 0.6) is 0 Å². The zero-order valence-corrected chi connectivity index (χ0v) is 10.7. The largest absolute Gasteiger partial charge is 0.378 e. The molecule has 0 spiro atoms. The molecule has 0 saturated carbocycles. The Morgan fingerprint density at radius 2 is 2.00 bits per heavy atom. The van der Waals surface area contributed by atoms with Crippen LogP contribution in [0.15, 0.2) is 5.16 Å². The molecule has 2 heterocycles. The number of hydrogen-bond acceptors (Lipinski definition) is 5. The topological polar surface area (TPSA) is 43.2 Å². The highest BCUT2D eigenvalue weighted by atomic mass is 32.2. The molecule has 0 amide bonds. The second kappa shape index (κ2) is 5.54. The van der Waals surface area contributed by atoms with Crippen molar-refractivity contribution in [1.82, 2.24) is 14.8 Å². The van der Waals surface area contributed by atoms with Crippen LogP contribution in [0.1, 0.15) is 13.8 Å². The van der Waals surface area contributed by atoms with Gasteiger partial charge < -0.3 is 9.64 Å². The molecule has 1 aromatic heterocycles. The maximum absolute atomic E-state index is 5.34. The summed E-state index contributed by atoms with van der Waals surface area (Å²) in [5, 5.41) is 9.56. The first-order valence-corrected chi connectivity index (χ1v) is 6.74. The number of rotatable bonds is 4. The molecule has 1 fully saturated rings. The first-order valence-electron chi connectivity index (χ1n) is 5.75. The fourth-order valence-electron chi connectivity index (χ4n) is 1.79. The van der Waals surface area contributed by atoms with Crippen LogP contribution in [0.2, 0.25) is 0 Å². The fourth-order valence-corrected chi connectivity index (χ4v) is 2.51. The lowest BCUT2D eigenvalue weighted by atomic mass is 10.4. The molecule has 6 heteroatoms. The highest BCUT2D eigenvalue weighted by Gasteiger charge is 2.19. The highest BCUT2D eigenvalue weighted by molar-refractivity contribution is 7.99. The van der Waals surface area contributed by atoms with Gasteiger partial charge in [-0.15, -0.1) is 10.2 Å². The van der Waals surface area contributed by atoms with Gasteiger partial charge in [0.25, 0.3) is 0 Å². The molecule has 0 N–H and O–H groups in total. The van der Waals surface area contributed by atoms with E-state index in [0.717, 1.165) is 49.7 Å². The van der Waals surface area contributed by atoms with Crippen molar-refractivity contribution in [3.63, 3.8) is 0 Å². The van der Waals surface area contributed by atoms with E-state index in [1.54, 1.807) is 11.8 Å². The average molecular weight is 242 g/mol. The molecule has 16 heavy (non-hydrogen) atoms. The number of aromatic nitrogens is 3. The number of hydrogen-bond donors (Lipinski definition) is 0. The summed E-state index contributed by atoms with van der Waals surface area (Å²) in [6, 6.07) is 0. The minimum atomic E-state index is 0.785. The van der Waals surface area contributed by atoms with Gasteiger partial charge in [-0.05, 0) is 12.7 Å². The predicted molar refractivity (Wildman–Crippen MR) is 65.1 cm³/mol. The summed E-state index contributed by atoms with van der Waals surface area (Å²) in [7, 11) is 0. The Labute approximate surface area is 100 Å². The summed E-state index contributed by atoms with van der Waals surface area (Å²) >= 11 is 1.74. The van der Waals surface area contributed by atoms with Gasteiger partial charge in [0.15, 0.2) is 5.16 Å². The Kier molecular flexibility index (Phi) is 4.06. The summed E-state index contributed by atoms with van der Waals surface area (Å²) in [6.45, 7) is 8.58. The molecule has 1 saturated heterocycles. The van der Waals surface area contributed by atoms with Crippen molar-refractivity contribution >= 4 is 17.7 Å². The summed E-state index contributed by atoms with van der Waals surface area (Å²) in [6.07, 6.45) is 0. The van der Waals surface area contributed by atoms with Crippen molar-refractivity contribution in [2.75, 3.05) is 37.0 Å². The van der Waals surface area contributed by atoms with Gasteiger partial charge in [-0.2, -0.15) is 0 Å². The fraction of sp³-hybridized carbons (Fsp3) is 0.800. The van der Waals surface area contributed by atoms with E-state index in [4.69, 9.17) is 4.74 Å². The molecular weight excluding hydrogens is 224 g/mol. The van der Waals surface area contributed by atoms with Crippen molar-refractivity contribution in [1.29, 1.82) is 0 Å². The third-order valence-corrected chi connectivity index (χ3v) is 3.43. The molecule has 0 unspecified atom stereocenters. The smallest absolute Gasteiger partial charge is 0.228 e. The lowest BCUT2D eigenvalue weighted by Crippen LogP contribution is -2.38. The molecule has 0 bridgehead atoms. The van der Waals surface area contributed by atoms with Crippen molar-refractivity contribution in [2.24, 2.45) is 0 Å². The highest BCUT2D eigenvalue weighted by Crippen LogP contribution is 2.21. The molecular formula is C10H18N4OS. The van der Waals surface area contributed by atoms with Crippen LogP contribution >= 0.6 is 11.8 Å². The summed E-state index contributed by atoms with van der Waals surface area (Å²) in [4.78, 5) is 2.25. The van der Waals surface area contributed by atoms with E-state index in [0.29, 0.717) is 0 Å². The average Bonchev–Trinajstić information content (AvgIpc) is 2.73. The Morgan fingerprint density at radius 3 is 2.62 bits per heavy atom. The second-order valence-electron chi connectivity index (χ2n) is 3.56. The van der Waals surface area contributed by atoms with Gasteiger partial charge in [-0.1, -0.05) is 18.7 Å². The number of nitrogens with zero attached hydrogens (tertiary/aromatic N) is 4. The van der Waals surface area contributed by atoms with Gasteiger partial charge in [-0.3, -0.25) is 4.57 Å². The minimum Gasteiger partial charge on any atom is -0.378 e. The normalized spacial score (nSPS) is 16.8. The molecule has 0 aliphatic carbocycles. The minimum absolute atomic E-state index is 0.785. The standard InChI is InChI=1S/C10H18N4OS/c1-3-14-9(11-12-10(14)16-4-2)13-5-7-15-8-6-13/h3-8H2,1-2H3. The van der Waals surface area contributed by atoms with E-state index in [1.807, 2.05) is 0 Å². The van der Waals surface area contributed by atoms with Crippen molar-refractivity contribution < 1.29 is 4.74 Å². The number of ether oxygens (including phenoxy) is 1. The quantitative estimate of drug-likeness (QED) is 0.743. The van der Waals surface area contributed by atoms with Crippen LogP contribution in [0.4, 0.5) is 5.95 Å². The molecule has 0 atom stereocenters. The van der Waals surface area contributed by atoms with E-state index < -0.39 is 0 Å². The van der Waals surface area contributed by atoms with Gasteiger partial charge in [0.1, 0.15) is 0 Å². The maximum Gasteiger partial charge on any atom is 0.228 e. The monoisotopic (exact) mass is 242 g/mol. The first kappa shape index (κ1) is 11.7. The Bertz CT molecular complexity index is 336. The molecule has 0 radical (unpaired) electrons. The molecule has 5 nitrogen and oxygen atoms in total. The van der Waals surface area contributed by atoms with Crippen LogP contribution in [-0.2, 0) is 11.3 Å². The van der Waals surface area contributed by atoms with Crippen LogP contribution in [0.25, 0.3) is 0 Å². The molecule has 1 aliphatic rings. The zero-order chi connectivity index (χ0) is 11.4. The van der Waals surface area contributed by atoms with Crippen LogP contribution in [0, 0.1) is 0 Å². The molecule has 1 aliphatic heterocycles. The van der Waals surface area contributed by atoms with E-state index in [2.05, 4.69) is 33.5 Å². The van der Waals surface area contributed by atoms with Gasteiger partial charge in [-0.25, -0.2) is 0 Å². The summed E-state index contributed by atoms with van der Waals surface area (Å²) in [5.74, 6) is 2.02. The Hall–Kier alpha value is -0.750. The van der Waals surface area contributed by atoms with E-state index >= 15 is 0 Å². The second-order valence-corrected chi connectivity index (χ2v) is 4.79. The Balaban J connectivity index is 2.18. The lowest BCUT2D eigenvalue weighted by molar-refractivity contribution is 0.121. The van der Waals surface area contributed by atoms with Crippen molar-refractivity contribution in [3.05, 3.63) is 0 Å². The van der Waals surface area contributed by atoms with Gasteiger partial charge in [0, 0.05) is 19.6 Å². The van der Waals surface area contributed by atoms with E-state index in [9.17, 15) is 0 Å². The zero-order valence-electron chi connectivity index (χ0n) is 9.85. The number of thioether (sulfide) groups is 1. The molecule has 90 valence electrons. The molecule has 2 rings (SSSR count). The van der Waals surface area contributed by atoms with Crippen molar-refractivity contribution in [2.45, 2.75) is 25.5 Å². The van der Waals surface area contributed by atoms with Gasteiger partial charge in [0.2, 0.25) is 5.95 Å². The number of morpholine rings is 1. The summed E-state index contributed by atoms with van der Waals surface area (Å²) < 4.78 is 7.52. The predicted octanol–water partition coefficient (Wildman–Crippen LogP) is 1.25. The first-order chi connectivity index (χ1) is 7.86. The summed E-state index contributed by atoms with van der Waals surface area (Å²) in [5.41, 5.74) is 0. The van der Waals surface area contributed by atoms with E-state index in [-0.39, 0.29) is 0 Å². The third-order valence-electron chi connectivity index (χ3n) is 2.58.